The summed E-state index contributed by atoms with van der Waals surface area (Å²) in [7, 11) is 0. The predicted molar refractivity (Wildman–Crippen MR) is 75.5 cm³/mol. The summed E-state index contributed by atoms with van der Waals surface area (Å²) in [5.41, 5.74) is 6.66. The van der Waals surface area contributed by atoms with Crippen LogP contribution in [0.15, 0.2) is 24.3 Å². The first kappa shape index (κ1) is 15.0. The highest BCUT2D eigenvalue weighted by Crippen LogP contribution is 2.17. The molecule has 0 saturated heterocycles. The van der Waals surface area contributed by atoms with Crippen LogP contribution in [0.25, 0.3) is 0 Å². The van der Waals surface area contributed by atoms with Crippen molar-refractivity contribution in [2.75, 3.05) is 0 Å². The summed E-state index contributed by atoms with van der Waals surface area (Å²) in [6.45, 7) is 3.90. The molecule has 1 aromatic rings. The Morgan fingerprint density at radius 3 is 2.78 bits per heavy atom. The summed E-state index contributed by atoms with van der Waals surface area (Å²) in [6, 6.07) is 7.67. The van der Waals surface area contributed by atoms with E-state index < -0.39 is 0 Å². The molecule has 1 amide bonds. The minimum absolute atomic E-state index is 0.0218. The summed E-state index contributed by atoms with van der Waals surface area (Å²) >= 11 is 5.92. The summed E-state index contributed by atoms with van der Waals surface area (Å²) < 4.78 is 0. The fourth-order valence-corrected chi connectivity index (χ4v) is 1.96. The number of rotatable bonds is 6. The molecule has 0 bridgehead atoms. The van der Waals surface area contributed by atoms with Crippen molar-refractivity contribution in [1.29, 1.82) is 0 Å². The fourth-order valence-electron chi connectivity index (χ4n) is 1.76. The third-order valence-electron chi connectivity index (χ3n) is 2.79. The third-order valence-corrected chi connectivity index (χ3v) is 3.02. The molecule has 2 atom stereocenters. The highest BCUT2D eigenvalue weighted by molar-refractivity contribution is 6.30. The van der Waals surface area contributed by atoms with Crippen molar-refractivity contribution < 1.29 is 4.79 Å². The second kappa shape index (κ2) is 7.39. The maximum absolute atomic E-state index is 11.7. The van der Waals surface area contributed by atoms with E-state index in [2.05, 4.69) is 5.32 Å². The third kappa shape index (κ3) is 5.52. The largest absolute Gasteiger partial charge is 0.350 e. The lowest BCUT2D eigenvalue weighted by Gasteiger charge is -2.14. The average molecular weight is 269 g/mol. The van der Waals surface area contributed by atoms with Gasteiger partial charge in [-0.15, -0.1) is 0 Å². The molecule has 1 unspecified atom stereocenters. The quantitative estimate of drug-likeness (QED) is 0.833. The van der Waals surface area contributed by atoms with E-state index in [1.807, 2.05) is 38.1 Å². The van der Waals surface area contributed by atoms with Gasteiger partial charge in [-0.3, -0.25) is 4.79 Å². The first-order valence-electron chi connectivity index (χ1n) is 6.29. The van der Waals surface area contributed by atoms with Gasteiger partial charge in [0.05, 0.1) is 6.04 Å². The predicted octanol–water partition coefficient (Wildman–Crippen LogP) is 3.03. The van der Waals surface area contributed by atoms with Crippen LogP contribution in [0.3, 0.4) is 0 Å². The van der Waals surface area contributed by atoms with Gasteiger partial charge in [-0.2, -0.15) is 0 Å². The lowest BCUT2D eigenvalue weighted by Crippen LogP contribution is -2.26. The molecule has 18 heavy (non-hydrogen) atoms. The van der Waals surface area contributed by atoms with Gasteiger partial charge < -0.3 is 11.1 Å². The fraction of sp³-hybridized carbons (Fsp3) is 0.500. The lowest BCUT2D eigenvalue weighted by atomic mass is 10.1. The number of amides is 1. The molecule has 100 valence electrons. The van der Waals surface area contributed by atoms with E-state index in [0.29, 0.717) is 11.4 Å². The van der Waals surface area contributed by atoms with Gasteiger partial charge in [0.25, 0.3) is 0 Å². The van der Waals surface area contributed by atoms with Gasteiger partial charge in [0.15, 0.2) is 0 Å². The van der Waals surface area contributed by atoms with Gasteiger partial charge in [-0.05, 0) is 44.4 Å². The monoisotopic (exact) mass is 268 g/mol. The van der Waals surface area contributed by atoms with E-state index in [4.69, 9.17) is 17.3 Å². The molecule has 0 saturated carbocycles. The molecule has 0 spiro atoms. The molecule has 1 rings (SSSR count). The minimum Gasteiger partial charge on any atom is -0.350 e. The molecule has 0 aliphatic heterocycles. The summed E-state index contributed by atoms with van der Waals surface area (Å²) in [6.07, 6.45) is 2.22. The number of hydrogen-bond acceptors (Lipinski definition) is 2. The van der Waals surface area contributed by atoms with E-state index in [1.165, 1.54) is 0 Å². The lowest BCUT2D eigenvalue weighted by molar-refractivity contribution is -0.121. The minimum atomic E-state index is -0.0218. The Kier molecular flexibility index (Phi) is 6.16. The molecule has 0 fully saturated rings. The van der Waals surface area contributed by atoms with Crippen molar-refractivity contribution in [3.05, 3.63) is 34.9 Å². The van der Waals surface area contributed by atoms with Crippen LogP contribution in [0.4, 0.5) is 0 Å². The first-order chi connectivity index (χ1) is 8.49. The Hall–Kier alpha value is -1.06. The summed E-state index contributed by atoms with van der Waals surface area (Å²) in [5.74, 6) is 0.0584. The van der Waals surface area contributed by atoms with E-state index in [-0.39, 0.29) is 18.0 Å². The molecule has 0 radical (unpaired) electrons. The summed E-state index contributed by atoms with van der Waals surface area (Å²) in [5, 5.41) is 3.64. The Bertz CT molecular complexity index is 393. The van der Waals surface area contributed by atoms with E-state index >= 15 is 0 Å². The van der Waals surface area contributed by atoms with Crippen molar-refractivity contribution in [3.8, 4) is 0 Å². The van der Waals surface area contributed by atoms with Gasteiger partial charge in [0.2, 0.25) is 5.91 Å². The van der Waals surface area contributed by atoms with Gasteiger partial charge in [0.1, 0.15) is 0 Å². The van der Waals surface area contributed by atoms with Gasteiger partial charge in [-0.25, -0.2) is 0 Å². The normalized spacial score (nSPS) is 14.0. The summed E-state index contributed by atoms with van der Waals surface area (Å²) in [4.78, 5) is 11.7. The van der Waals surface area contributed by atoms with Crippen LogP contribution in [0.1, 0.15) is 44.7 Å². The van der Waals surface area contributed by atoms with Crippen LogP contribution in [0, 0.1) is 0 Å². The van der Waals surface area contributed by atoms with Crippen LogP contribution in [-0.2, 0) is 4.79 Å². The second-order valence-corrected chi connectivity index (χ2v) is 5.15. The van der Waals surface area contributed by atoms with Crippen molar-refractivity contribution in [2.24, 2.45) is 5.73 Å². The SMILES string of the molecule is CC(N)CCCC(=O)N[C@H](C)c1cccc(Cl)c1. The van der Waals surface area contributed by atoms with Crippen molar-refractivity contribution in [1.82, 2.24) is 5.32 Å². The van der Waals surface area contributed by atoms with Crippen LogP contribution in [-0.4, -0.2) is 11.9 Å². The number of carbonyl (C=O) groups is 1. The van der Waals surface area contributed by atoms with Gasteiger partial charge >= 0.3 is 0 Å². The molecule has 0 aliphatic carbocycles. The molecular formula is C14H21ClN2O. The molecule has 1 aromatic carbocycles. The standard InChI is InChI=1S/C14H21ClN2O/c1-10(16)5-3-8-14(18)17-11(2)12-6-4-7-13(15)9-12/h4,6-7,9-11H,3,5,8,16H2,1-2H3,(H,17,18)/t10?,11-/m1/s1. The molecule has 0 aromatic heterocycles. The van der Waals surface area contributed by atoms with Crippen molar-refractivity contribution in [2.45, 2.75) is 45.2 Å². The number of carbonyl (C=O) groups excluding carboxylic acids is 1. The van der Waals surface area contributed by atoms with Crippen LogP contribution in [0.5, 0.6) is 0 Å². The number of nitrogens with two attached hydrogens (primary N) is 1. The van der Waals surface area contributed by atoms with E-state index in [0.717, 1.165) is 18.4 Å². The smallest absolute Gasteiger partial charge is 0.220 e. The Morgan fingerprint density at radius 1 is 1.44 bits per heavy atom. The molecule has 0 aliphatic rings. The zero-order valence-corrected chi connectivity index (χ0v) is 11.7. The number of nitrogens with one attached hydrogen (secondary N) is 1. The number of halogens is 1. The second-order valence-electron chi connectivity index (χ2n) is 4.71. The molecule has 3 N–H and O–H groups in total. The average Bonchev–Trinajstić information content (AvgIpc) is 2.28. The highest BCUT2D eigenvalue weighted by Gasteiger charge is 2.09. The molecule has 3 nitrogen and oxygen atoms in total. The zero-order chi connectivity index (χ0) is 13.5. The van der Waals surface area contributed by atoms with Crippen LogP contribution in [0.2, 0.25) is 5.02 Å². The van der Waals surface area contributed by atoms with Gasteiger partial charge in [-0.1, -0.05) is 23.7 Å². The maximum Gasteiger partial charge on any atom is 0.220 e. The van der Waals surface area contributed by atoms with E-state index in [1.54, 1.807) is 0 Å². The number of benzene rings is 1. The molecular weight excluding hydrogens is 248 g/mol. The molecule has 0 heterocycles. The first-order valence-corrected chi connectivity index (χ1v) is 6.67. The van der Waals surface area contributed by atoms with E-state index in [9.17, 15) is 4.79 Å². The Labute approximate surface area is 114 Å². The Balaban J connectivity index is 2.40. The zero-order valence-electron chi connectivity index (χ0n) is 10.9. The molecule has 4 heteroatoms. The van der Waals surface area contributed by atoms with Crippen molar-refractivity contribution >= 4 is 17.5 Å². The topological polar surface area (TPSA) is 55.1 Å². The van der Waals surface area contributed by atoms with Crippen LogP contribution < -0.4 is 11.1 Å². The maximum atomic E-state index is 11.7. The highest BCUT2D eigenvalue weighted by atomic mass is 35.5. The van der Waals surface area contributed by atoms with Crippen LogP contribution >= 0.6 is 11.6 Å². The van der Waals surface area contributed by atoms with Gasteiger partial charge in [0, 0.05) is 17.5 Å². The number of hydrogen-bond donors (Lipinski definition) is 2. The van der Waals surface area contributed by atoms with Crippen molar-refractivity contribution in [3.63, 3.8) is 0 Å². The Morgan fingerprint density at radius 2 is 2.17 bits per heavy atom.